The van der Waals surface area contributed by atoms with Crippen molar-refractivity contribution in [1.29, 1.82) is 0 Å². The predicted octanol–water partition coefficient (Wildman–Crippen LogP) is 0.627. The molecular formula is C11H9F6NO2. The summed E-state index contributed by atoms with van der Waals surface area (Å²) in [5, 5.41) is 10.5. The molecule has 20 heavy (non-hydrogen) atoms. The lowest BCUT2D eigenvalue weighted by Crippen LogP contribution is -2.69. The maximum atomic E-state index is 12.7. The highest BCUT2D eigenvalue weighted by atomic mass is 19.4. The summed E-state index contributed by atoms with van der Waals surface area (Å²) in [5.41, 5.74) is -0.480. The largest absolute Gasteiger partial charge is 0.544 e. The minimum atomic E-state index is -5.03. The molecule has 0 aliphatic rings. The molecule has 3 N–H and O–H groups in total. The van der Waals surface area contributed by atoms with Crippen molar-refractivity contribution in [3.05, 3.63) is 34.9 Å². The number of rotatable bonds is 3. The molecule has 0 saturated carbocycles. The first kappa shape index (κ1) is 16.3. The first-order chi connectivity index (χ1) is 8.93. The molecule has 0 amide bonds. The Hall–Kier alpha value is -1.77. The molecule has 1 atom stereocenters. The van der Waals surface area contributed by atoms with Crippen LogP contribution < -0.4 is 10.8 Å². The Labute approximate surface area is 109 Å². The van der Waals surface area contributed by atoms with Gasteiger partial charge in [0.1, 0.15) is 6.04 Å². The topological polar surface area (TPSA) is 67.8 Å². The Kier molecular flexibility index (Phi) is 4.33. The molecule has 0 bridgehead atoms. The van der Waals surface area contributed by atoms with Gasteiger partial charge in [-0.3, -0.25) is 0 Å². The van der Waals surface area contributed by atoms with Crippen molar-refractivity contribution in [2.24, 2.45) is 0 Å². The van der Waals surface area contributed by atoms with Crippen molar-refractivity contribution in [3.63, 3.8) is 0 Å². The Balaban J connectivity index is 3.28. The zero-order chi connectivity index (χ0) is 15.7. The van der Waals surface area contributed by atoms with E-state index in [4.69, 9.17) is 0 Å². The highest BCUT2D eigenvalue weighted by Gasteiger charge is 2.38. The van der Waals surface area contributed by atoms with Crippen LogP contribution in [-0.4, -0.2) is 12.0 Å². The average Bonchev–Trinajstić information content (AvgIpc) is 2.26. The Morgan fingerprint density at radius 3 is 2.10 bits per heavy atom. The van der Waals surface area contributed by atoms with Crippen molar-refractivity contribution in [2.75, 3.05) is 0 Å². The Morgan fingerprint density at radius 2 is 1.70 bits per heavy atom. The van der Waals surface area contributed by atoms with Gasteiger partial charge in [-0.15, -0.1) is 0 Å². The van der Waals surface area contributed by atoms with E-state index in [2.05, 4.69) is 5.73 Å². The highest BCUT2D eigenvalue weighted by molar-refractivity contribution is 5.69. The monoisotopic (exact) mass is 301 g/mol. The van der Waals surface area contributed by atoms with E-state index in [1.807, 2.05) is 0 Å². The summed E-state index contributed by atoms with van der Waals surface area (Å²) < 4.78 is 75.3. The van der Waals surface area contributed by atoms with Crippen molar-refractivity contribution in [3.8, 4) is 0 Å². The lowest BCUT2D eigenvalue weighted by Gasteiger charge is -2.17. The molecule has 0 aliphatic carbocycles. The third-order valence-corrected chi connectivity index (χ3v) is 2.54. The molecule has 0 heterocycles. The van der Waals surface area contributed by atoms with Gasteiger partial charge in [-0.1, -0.05) is 6.07 Å². The standard InChI is InChI=1S/C11H9F6NO2/c12-10(13,14)6-2-1-5(3-8(18)9(19)20)7(4-6)11(15,16)17/h1-2,4,8H,3,18H2,(H,19,20)/t8-/m1/s1. The summed E-state index contributed by atoms with van der Waals surface area (Å²) in [6.07, 6.45) is -10.6. The number of carbonyl (C=O) groups excluding carboxylic acids is 1. The number of hydrogen-bond acceptors (Lipinski definition) is 2. The molecule has 1 aromatic rings. The number of carbonyl (C=O) groups is 1. The lowest BCUT2D eigenvalue weighted by atomic mass is 9.97. The third kappa shape index (κ3) is 3.86. The predicted molar refractivity (Wildman–Crippen MR) is 51.8 cm³/mol. The normalized spacial score (nSPS) is 14.2. The van der Waals surface area contributed by atoms with Gasteiger partial charge < -0.3 is 15.6 Å². The van der Waals surface area contributed by atoms with E-state index in [9.17, 15) is 36.2 Å². The Morgan fingerprint density at radius 1 is 1.15 bits per heavy atom. The highest BCUT2D eigenvalue weighted by Crippen LogP contribution is 2.37. The number of halogens is 6. The zero-order valence-electron chi connectivity index (χ0n) is 9.81. The first-order valence-electron chi connectivity index (χ1n) is 5.24. The molecule has 3 nitrogen and oxygen atoms in total. The van der Waals surface area contributed by atoms with Gasteiger partial charge in [-0.2, -0.15) is 26.3 Å². The molecule has 0 spiro atoms. The molecular weight excluding hydrogens is 292 g/mol. The number of aliphatic carboxylic acids is 1. The molecule has 112 valence electrons. The summed E-state index contributed by atoms with van der Waals surface area (Å²) in [6.45, 7) is 0. The fourth-order valence-electron chi connectivity index (χ4n) is 1.54. The minimum Gasteiger partial charge on any atom is -0.544 e. The van der Waals surface area contributed by atoms with Crippen molar-refractivity contribution < 1.29 is 42.0 Å². The maximum absolute atomic E-state index is 12.7. The number of carboxylic acids is 1. The van der Waals surface area contributed by atoms with E-state index < -0.39 is 47.5 Å². The van der Waals surface area contributed by atoms with Gasteiger partial charge >= 0.3 is 12.4 Å². The van der Waals surface area contributed by atoms with Crippen molar-refractivity contribution in [1.82, 2.24) is 0 Å². The van der Waals surface area contributed by atoms with E-state index in [-0.39, 0.29) is 6.07 Å². The van der Waals surface area contributed by atoms with E-state index in [0.717, 1.165) is 0 Å². The van der Waals surface area contributed by atoms with Crippen LogP contribution in [0.2, 0.25) is 0 Å². The van der Waals surface area contributed by atoms with E-state index in [1.54, 1.807) is 0 Å². The fraction of sp³-hybridized carbons (Fsp3) is 0.364. The van der Waals surface area contributed by atoms with E-state index >= 15 is 0 Å². The van der Waals surface area contributed by atoms with Crippen LogP contribution in [0.3, 0.4) is 0 Å². The Bertz CT molecular complexity index is 509. The first-order valence-corrected chi connectivity index (χ1v) is 5.24. The van der Waals surface area contributed by atoms with Crippen LogP contribution in [0, 0.1) is 0 Å². The van der Waals surface area contributed by atoms with Crippen LogP contribution in [0.1, 0.15) is 16.7 Å². The zero-order valence-corrected chi connectivity index (χ0v) is 9.81. The lowest BCUT2D eigenvalue weighted by molar-refractivity contribution is -0.437. The summed E-state index contributed by atoms with van der Waals surface area (Å²) >= 11 is 0. The van der Waals surface area contributed by atoms with Crippen LogP contribution in [0.4, 0.5) is 26.3 Å². The third-order valence-electron chi connectivity index (χ3n) is 2.54. The minimum absolute atomic E-state index is 0.0443. The molecule has 1 rings (SSSR count). The smallest absolute Gasteiger partial charge is 0.416 e. The molecule has 0 aliphatic heterocycles. The molecule has 0 fully saturated rings. The summed E-state index contributed by atoms with van der Waals surface area (Å²) in [5.74, 6) is -1.68. The second kappa shape index (κ2) is 5.31. The maximum Gasteiger partial charge on any atom is 0.416 e. The van der Waals surface area contributed by atoms with E-state index in [1.165, 1.54) is 0 Å². The number of quaternary nitrogens is 1. The summed E-state index contributed by atoms with van der Waals surface area (Å²) in [7, 11) is 0. The number of benzene rings is 1. The summed E-state index contributed by atoms with van der Waals surface area (Å²) in [4.78, 5) is 10.5. The second-order valence-corrected chi connectivity index (χ2v) is 4.09. The molecule has 0 saturated heterocycles. The van der Waals surface area contributed by atoms with Crippen molar-refractivity contribution in [2.45, 2.75) is 24.8 Å². The van der Waals surface area contributed by atoms with Gasteiger partial charge in [-0.05, 0) is 17.7 Å². The molecule has 9 heteroatoms. The van der Waals surface area contributed by atoms with Crippen LogP contribution >= 0.6 is 0 Å². The quantitative estimate of drug-likeness (QED) is 0.832. The van der Waals surface area contributed by atoms with Crippen molar-refractivity contribution >= 4 is 5.97 Å². The molecule has 1 aromatic carbocycles. The average molecular weight is 301 g/mol. The van der Waals surface area contributed by atoms with Gasteiger partial charge in [0.15, 0.2) is 0 Å². The van der Waals surface area contributed by atoms with Crippen LogP contribution in [0.15, 0.2) is 18.2 Å². The second-order valence-electron chi connectivity index (χ2n) is 4.09. The molecule has 0 unspecified atom stereocenters. The fourth-order valence-corrected chi connectivity index (χ4v) is 1.54. The van der Waals surface area contributed by atoms with Gasteiger partial charge in [0.05, 0.1) is 17.1 Å². The molecule has 0 radical (unpaired) electrons. The number of alkyl halides is 6. The van der Waals surface area contributed by atoms with Gasteiger partial charge in [0, 0.05) is 6.42 Å². The summed E-state index contributed by atoms with van der Waals surface area (Å²) in [6, 6.07) is -0.468. The van der Waals surface area contributed by atoms with Crippen LogP contribution in [-0.2, 0) is 23.6 Å². The van der Waals surface area contributed by atoms with Crippen LogP contribution in [0.25, 0.3) is 0 Å². The van der Waals surface area contributed by atoms with Gasteiger partial charge in [0.2, 0.25) is 0 Å². The van der Waals surface area contributed by atoms with Gasteiger partial charge in [-0.25, -0.2) is 0 Å². The SMILES string of the molecule is [NH3+][C@H](Cc1ccc(C(F)(F)F)cc1C(F)(F)F)C(=O)[O-]. The van der Waals surface area contributed by atoms with Crippen LogP contribution in [0.5, 0.6) is 0 Å². The number of hydrogen-bond donors (Lipinski definition) is 1. The number of carboxylic acid groups (broad SMARTS) is 1. The van der Waals surface area contributed by atoms with Gasteiger partial charge in [0.25, 0.3) is 0 Å². The molecule has 0 aromatic heterocycles. The van der Waals surface area contributed by atoms with E-state index in [0.29, 0.717) is 12.1 Å².